The minimum absolute atomic E-state index is 0.224. The van der Waals surface area contributed by atoms with Crippen LogP contribution < -0.4 is 21.3 Å². The fourth-order valence-electron chi connectivity index (χ4n) is 4.09. The van der Waals surface area contributed by atoms with Crippen LogP contribution in [0.2, 0.25) is 0 Å². The molecule has 0 aliphatic heterocycles. The molecule has 2 aromatic carbocycles. The van der Waals surface area contributed by atoms with Crippen LogP contribution in [0.3, 0.4) is 0 Å². The zero-order chi connectivity index (χ0) is 19.6. The lowest BCUT2D eigenvalue weighted by molar-refractivity contribution is -0.118. The third-order valence-corrected chi connectivity index (χ3v) is 5.46. The molecule has 27 heavy (non-hydrogen) atoms. The summed E-state index contributed by atoms with van der Waals surface area (Å²) in [5.74, 6) is 6.20. The van der Waals surface area contributed by atoms with E-state index in [4.69, 9.17) is 16.3 Å². The van der Waals surface area contributed by atoms with E-state index in [2.05, 4.69) is 0 Å². The van der Waals surface area contributed by atoms with Crippen LogP contribution >= 0.6 is 0 Å². The fraction of sp³-hybridized carbons (Fsp3) is 0.429. The maximum atomic E-state index is 12.5. The molecule has 0 atom stereocenters. The van der Waals surface area contributed by atoms with Crippen LogP contribution in [-0.4, -0.2) is 18.9 Å². The highest BCUT2D eigenvalue weighted by Gasteiger charge is 2.28. The van der Waals surface area contributed by atoms with Crippen LogP contribution in [0.15, 0.2) is 24.3 Å². The first-order chi connectivity index (χ1) is 13.0. The number of nitrogens with two attached hydrogens (primary N) is 2. The number of benzene rings is 2. The molecule has 0 unspecified atom stereocenters. The van der Waals surface area contributed by atoms with Gasteiger partial charge >= 0.3 is 0 Å². The Morgan fingerprint density at radius 1 is 1.19 bits per heavy atom. The summed E-state index contributed by atoms with van der Waals surface area (Å²) in [5.41, 5.74) is 7.44. The Labute approximate surface area is 159 Å². The van der Waals surface area contributed by atoms with Crippen molar-refractivity contribution in [2.75, 3.05) is 12.1 Å². The van der Waals surface area contributed by atoms with Crippen molar-refractivity contribution < 1.29 is 14.3 Å². The van der Waals surface area contributed by atoms with Crippen LogP contribution in [0.4, 0.5) is 5.69 Å². The number of fused-ring (bicyclic) bond motifs is 1. The quantitative estimate of drug-likeness (QED) is 0.478. The number of carbonyl (C=O) groups excluding carboxylic acids is 2. The molecular weight excluding hydrogens is 342 g/mol. The zero-order valence-electron chi connectivity index (χ0n) is 16.0. The van der Waals surface area contributed by atoms with Crippen LogP contribution in [0.5, 0.6) is 5.75 Å². The van der Waals surface area contributed by atoms with Gasteiger partial charge in [0.2, 0.25) is 5.91 Å². The van der Waals surface area contributed by atoms with E-state index < -0.39 is 5.91 Å². The Morgan fingerprint density at radius 3 is 2.48 bits per heavy atom. The Bertz CT molecular complexity index is 873. The number of primary amides is 1. The second-order valence-electron chi connectivity index (χ2n) is 7.09. The lowest BCUT2D eigenvalue weighted by atomic mass is 9.79. The zero-order valence-corrected chi connectivity index (χ0v) is 16.0. The summed E-state index contributed by atoms with van der Waals surface area (Å²) in [7, 11) is 1.61. The Balaban J connectivity index is 2.33. The molecule has 1 aliphatic rings. The van der Waals surface area contributed by atoms with Gasteiger partial charge in [-0.25, -0.2) is 10.9 Å². The Hall–Kier alpha value is -2.60. The van der Waals surface area contributed by atoms with Gasteiger partial charge in [0.25, 0.3) is 5.91 Å². The van der Waals surface area contributed by atoms with E-state index in [-0.39, 0.29) is 18.2 Å². The summed E-state index contributed by atoms with van der Waals surface area (Å²) in [4.78, 5) is 24.7. The molecule has 1 saturated carbocycles. The first kappa shape index (κ1) is 19.2. The van der Waals surface area contributed by atoms with Gasteiger partial charge in [-0.1, -0.05) is 32.3 Å². The number of anilines is 1. The van der Waals surface area contributed by atoms with E-state index in [1.807, 2.05) is 18.2 Å². The van der Waals surface area contributed by atoms with Gasteiger partial charge in [0.05, 0.1) is 18.4 Å². The number of amides is 2. The third kappa shape index (κ3) is 3.62. The SMILES string of the molecule is CCC(=O)N(N)c1cc2cc(OC)ccc2c(C2CCCCC2)c1C(N)=O. The first-order valence-corrected chi connectivity index (χ1v) is 9.50. The summed E-state index contributed by atoms with van der Waals surface area (Å²) in [5, 5.41) is 2.91. The number of rotatable bonds is 5. The van der Waals surface area contributed by atoms with Gasteiger partial charge in [0.1, 0.15) is 5.75 Å². The minimum atomic E-state index is -0.553. The van der Waals surface area contributed by atoms with Gasteiger partial charge in [-0.05, 0) is 53.3 Å². The van der Waals surface area contributed by atoms with E-state index in [1.165, 1.54) is 6.42 Å². The molecule has 144 valence electrons. The summed E-state index contributed by atoms with van der Waals surface area (Å²) in [6.45, 7) is 1.73. The molecular formula is C21H27N3O3. The average molecular weight is 369 g/mol. The molecule has 0 spiro atoms. The largest absolute Gasteiger partial charge is 0.497 e. The van der Waals surface area contributed by atoms with Crippen molar-refractivity contribution in [3.63, 3.8) is 0 Å². The van der Waals surface area contributed by atoms with Gasteiger partial charge in [0, 0.05) is 6.42 Å². The van der Waals surface area contributed by atoms with E-state index in [9.17, 15) is 9.59 Å². The van der Waals surface area contributed by atoms with Crippen molar-refractivity contribution in [2.24, 2.45) is 11.6 Å². The summed E-state index contributed by atoms with van der Waals surface area (Å²) < 4.78 is 5.35. The molecule has 0 heterocycles. The lowest BCUT2D eigenvalue weighted by Gasteiger charge is -2.28. The Morgan fingerprint density at radius 2 is 1.89 bits per heavy atom. The molecule has 6 nitrogen and oxygen atoms in total. The average Bonchev–Trinajstić information content (AvgIpc) is 2.71. The predicted molar refractivity (Wildman–Crippen MR) is 107 cm³/mol. The Kier molecular flexibility index (Phi) is 5.65. The fourth-order valence-corrected chi connectivity index (χ4v) is 4.09. The molecule has 0 saturated heterocycles. The monoisotopic (exact) mass is 369 g/mol. The molecule has 4 N–H and O–H groups in total. The number of hydrogen-bond acceptors (Lipinski definition) is 4. The van der Waals surface area contributed by atoms with Crippen LogP contribution in [-0.2, 0) is 4.79 Å². The molecule has 3 rings (SSSR count). The summed E-state index contributed by atoms with van der Waals surface area (Å²) in [6, 6.07) is 7.52. The smallest absolute Gasteiger partial charge is 0.251 e. The van der Waals surface area contributed by atoms with Crippen LogP contribution in [0, 0.1) is 0 Å². The van der Waals surface area contributed by atoms with Crippen molar-refractivity contribution in [1.82, 2.24) is 0 Å². The van der Waals surface area contributed by atoms with Gasteiger partial charge in [-0.2, -0.15) is 0 Å². The molecule has 2 amide bonds. The summed E-state index contributed by atoms with van der Waals surface area (Å²) in [6.07, 6.45) is 5.67. The highest BCUT2D eigenvalue weighted by molar-refractivity contribution is 6.10. The van der Waals surface area contributed by atoms with Crippen molar-refractivity contribution in [1.29, 1.82) is 0 Å². The maximum Gasteiger partial charge on any atom is 0.251 e. The number of hydrogen-bond donors (Lipinski definition) is 2. The van der Waals surface area contributed by atoms with Crippen molar-refractivity contribution in [3.05, 3.63) is 35.4 Å². The maximum absolute atomic E-state index is 12.5. The number of hydrazine groups is 1. The second kappa shape index (κ2) is 7.96. The van der Waals surface area contributed by atoms with E-state index in [0.717, 1.165) is 47.0 Å². The highest BCUT2D eigenvalue weighted by Crippen LogP contribution is 2.42. The topological polar surface area (TPSA) is 98.7 Å². The predicted octanol–water partition coefficient (Wildman–Crippen LogP) is 3.61. The van der Waals surface area contributed by atoms with Crippen molar-refractivity contribution in [2.45, 2.75) is 51.4 Å². The normalized spacial score (nSPS) is 14.9. The second-order valence-corrected chi connectivity index (χ2v) is 7.09. The molecule has 1 fully saturated rings. The number of carbonyl (C=O) groups is 2. The van der Waals surface area contributed by atoms with Gasteiger partial charge in [-0.3, -0.25) is 9.59 Å². The molecule has 2 aromatic rings. The van der Waals surface area contributed by atoms with Gasteiger partial charge in [0.15, 0.2) is 0 Å². The van der Waals surface area contributed by atoms with Crippen LogP contribution in [0.1, 0.15) is 67.3 Å². The van der Waals surface area contributed by atoms with E-state index in [1.54, 1.807) is 20.1 Å². The number of nitrogens with zero attached hydrogens (tertiary/aromatic N) is 1. The number of ether oxygens (including phenoxy) is 1. The third-order valence-electron chi connectivity index (χ3n) is 5.46. The van der Waals surface area contributed by atoms with Gasteiger partial charge < -0.3 is 10.5 Å². The molecule has 0 bridgehead atoms. The molecule has 0 radical (unpaired) electrons. The highest BCUT2D eigenvalue weighted by atomic mass is 16.5. The standard InChI is InChI=1S/C21H27N3O3/c1-3-18(25)24(23)17-12-14-11-15(27-2)9-10-16(14)19(20(17)21(22)26)13-7-5-4-6-8-13/h9-13H,3-8,23H2,1-2H3,(H2,22,26). The molecule has 1 aliphatic carbocycles. The van der Waals surface area contributed by atoms with Gasteiger partial charge in [-0.15, -0.1) is 0 Å². The van der Waals surface area contributed by atoms with Crippen molar-refractivity contribution >= 4 is 28.3 Å². The lowest BCUT2D eigenvalue weighted by Crippen LogP contribution is -2.39. The number of methoxy groups -OCH3 is 1. The van der Waals surface area contributed by atoms with Crippen LogP contribution in [0.25, 0.3) is 10.8 Å². The first-order valence-electron chi connectivity index (χ1n) is 9.50. The minimum Gasteiger partial charge on any atom is -0.497 e. The summed E-state index contributed by atoms with van der Waals surface area (Å²) >= 11 is 0. The molecule has 6 heteroatoms. The molecule has 0 aromatic heterocycles. The van der Waals surface area contributed by atoms with Crippen molar-refractivity contribution in [3.8, 4) is 5.75 Å². The van der Waals surface area contributed by atoms with E-state index >= 15 is 0 Å². The van der Waals surface area contributed by atoms with E-state index in [0.29, 0.717) is 17.0 Å².